The Kier molecular flexibility index (Phi) is 3.53. The number of hydrogen-bond acceptors (Lipinski definition) is 1. The molecule has 0 spiro atoms. The van der Waals surface area contributed by atoms with E-state index in [9.17, 15) is 9.18 Å². The molecule has 1 aliphatic heterocycles. The highest BCUT2D eigenvalue weighted by Crippen LogP contribution is 2.45. The summed E-state index contributed by atoms with van der Waals surface area (Å²) >= 11 is 0. The molecule has 1 aromatic carbocycles. The van der Waals surface area contributed by atoms with Crippen LogP contribution in [-0.2, 0) is 10.2 Å². The quantitative estimate of drug-likeness (QED) is 0.809. The summed E-state index contributed by atoms with van der Waals surface area (Å²) in [6, 6.07) is 6.53. The molecule has 1 saturated carbocycles. The summed E-state index contributed by atoms with van der Waals surface area (Å²) in [4.78, 5) is 15.0. The number of amides is 1. The van der Waals surface area contributed by atoms with Crippen molar-refractivity contribution in [3.8, 4) is 0 Å². The summed E-state index contributed by atoms with van der Waals surface area (Å²) < 4.78 is 13.1. The summed E-state index contributed by atoms with van der Waals surface area (Å²) in [5.41, 5.74) is 0.624. The zero-order valence-corrected chi connectivity index (χ0v) is 12.1. The van der Waals surface area contributed by atoms with E-state index in [1.807, 2.05) is 4.90 Å². The predicted octanol–water partition coefficient (Wildman–Crippen LogP) is 3.51. The lowest BCUT2D eigenvalue weighted by atomic mass is 9.63. The van der Waals surface area contributed by atoms with E-state index in [1.54, 1.807) is 12.1 Å². The van der Waals surface area contributed by atoms with Crippen LogP contribution in [0.1, 0.15) is 44.6 Å². The third-order valence-corrected chi connectivity index (χ3v) is 4.96. The highest BCUT2D eigenvalue weighted by Gasteiger charge is 2.47. The molecule has 2 fully saturated rings. The van der Waals surface area contributed by atoms with Gasteiger partial charge in [-0.25, -0.2) is 4.39 Å². The minimum atomic E-state index is -0.370. The lowest BCUT2D eigenvalue weighted by molar-refractivity contribution is -0.142. The summed E-state index contributed by atoms with van der Waals surface area (Å²) in [5.74, 6) is 0.627. The van der Waals surface area contributed by atoms with Crippen LogP contribution in [0, 0.1) is 11.7 Å². The molecular formula is C17H22FNO. The van der Waals surface area contributed by atoms with Gasteiger partial charge in [-0.2, -0.15) is 0 Å². The molecule has 1 aliphatic carbocycles. The Hall–Kier alpha value is -1.38. The Labute approximate surface area is 120 Å². The van der Waals surface area contributed by atoms with Crippen LogP contribution in [0.2, 0.25) is 0 Å². The molecule has 0 N–H and O–H groups in total. The second kappa shape index (κ2) is 5.19. The fourth-order valence-corrected chi connectivity index (χ4v) is 3.60. The lowest BCUT2D eigenvalue weighted by Gasteiger charge is -2.45. The molecule has 1 atom stereocenters. The van der Waals surface area contributed by atoms with Gasteiger partial charge in [0.25, 0.3) is 0 Å². The molecule has 20 heavy (non-hydrogen) atoms. The number of carbonyl (C=O) groups excluding carboxylic acids is 1. The fourth-order valence-electron chi connectivity index (χ4n) is 3.60. The average Bonchev–Trinajstić information content (AvgIpc) is 2.39. The van der Waals surface area contributed by atoms with Crippen molar-refractivity contribution in [3.05, 3.63) is 35.6 Å². The molecule has 3 heteroatoms. The molecule has 108 valence electrons. The van der Waals surface area contributed by atoms with E-state index in [0.29, 0.717) is 5.92 Å². The van der Waals surface area contributed by atoms with Crippen LogP contribution in [0.5, 0.6) is 0 Å². The first-order valence-electron chi connectivity index (χ1n) is 7.67. The fraction of sp³-hybridized carbons (Fsp3) is 0.588. The zero-order chi connectivity index (χ0) is 14.2. The smallest absolute Gasteiger partial charge is 0.233 e. The second-order valence-electron chi connectivity index (χ2n) is 6.44. The number of likely N-dealkylation sites (tertiary alicyclic amines) is 1. The number of rotatable bonds is 2. The summed E-state index contributed by atoms with van der Waals surface area (Å²) in [7, 11) is 0. The number of benzene rings is 1. The molecule has 1 heterocycles. The molecule has 1 aromatic rings. The van der Waals surface area contributed by atoms with Crippen molar-refractivity contribution in [1.29, 1.82) is 0 Å². The van der Waals surface area contributed by atoms with E-state index < -0.39 is 0 Å². The van der Waals surface area contributed by atoms with Gasteiger partial charge in [0, 0.05) is 13.1 Å². The van der Waals surface area contributed by atoms with Crippen molar-refractivity contribution in [3.63, 3.8) is 0 Å². The van der Waals surface area contributed by atoms with Gasteiger partial charge in [0.2, 0.25) is 5.91 Å². The van der Waals surface area contributed by atoms with Crippen molar-refractivity contribution in [2.45, 2.75) is 44.4 Å². The summed E-state index contributed by atoms with van der Waals surface area (Å²) in [6.45, 7) is 3.97. The number of nitrogens with zero attached hydrogens (tertiary/aromatic N) is 1. The number of piperidine rings is 1. The van der Waals surface area contributed by atoms with Crippen molar-refractivity contribution in [1.82, 2.24) is 4.90 Å². The first-order valence-corrected chi connectivity index (χ1v) is 7.67. The van der Waals surface area contributed by atoms with Crippen molar-refractivity contribution in [2.75, 3.05) is 13.1 Å². The Bertz CT molecular complexity index is 492. The van der Waals surface area contributed by atoms with Crippen LogP contribution in [-0.4, -0.2) is 23.9 Å². The average molecular weight is 275 g/mol. The third-order valence-electron chi connectivity index (χ3n) is 4.96. The molecular weight excluding hydrogens is 253 g/mol. The van der Waals surface area contributed by atoms with Gasteiger partial charge in [0.15, 0.2) is 0 Å². The van der Waals surface area contributed by atoms with E-state index in [1.165, 1.54) is 18.6 Å². The highest BCUT2D eigenvalue weighted by atomic mass is 19.1. The van der Waals surface area contributed by atoms with E-state index >= 15 is 0 Å². The van der Waals surface area contributed by atoms with E-state index in [0.717, 1.165) is 44.3 Å². The topological polar surface area (TPSA) is 20.3 Å². The maximum atomic E-state index is 13.1. The number of carbonyl (C=O) groups is 1. The van der Waals surface area contributed by atoms with Gasteiger partial charge in [0.1, 0.15) is 5.82 Å². The Balaban J connectivity index is 1.84. The second-order valence-corrected chi connectivity index (χ2v) is 6.44. The van der Waals surface area contributed by atoms with Crippen LogP contribution >= 0.6 is 0 Å². The summed E-state index contributed by atoms with van der Waals surface area (Å²) in [6.07, 6.45) is 5.22. The van der Waals surface area contributed by atoms with Gasteiger partial charge < -0.3 is 4.90 Å². The van der Waals surface area contributed by atoms with Gasteiger partial charge in [-0.15, -0.1) is 0 Å². The lowest BCUT2D eigenvalue weighted by Crippen LogP contribution is -2.53. The van der Waals surface area contributed by atoms with E-state index in [-0.39, 0.29) is 17.1 Å². The van der Waals surface area contributed by atoms with E-state index in [4.69, 9.17) is 0 Å². The van der Waals surface area contributed by atoms with Crippen LogP contribution in [0.4, 0.5) is 4.39 Å². The summed E-state index contributed by atoms with van der Waals surface area (Å²) in [5, 5.41) is 0. The normalized spacial score (nSPS) is 25.1. The van der Waals surface area contributed by atoms with Crippen LogP contribution in [0.15, 0.2) is 24.3 Å². The Morgan fingerprint density at radius 2 is 1.95 bits per heavy atom. The Morgan fingerprint density at radius 3 is 2.50 bits per heavy atom. The van der Waals surface area contributed by atoms with Crippen LogP contribution in [0.3, 0.4) is 0 Å². The van der Waals surface area contributed by atoms with Crippen molar-refractivity contribution < 1.29 is 9.18 Å². The van der Waals surface area contributed by atoms with Gasteiger partial charge in [-0.3, -0.25) is 4.79 Å². The molecule has 1 amide bonds. The monoisotopic (exact) mass is 275 g/mol. The maximum absolute atomic E-state index is 13.1. The molecule has 0 bridgehead atoms. The molecule has 0 radical (unpaired) electrons. The first kappa shape index (κ1) is 13.6. The third kappa shape index (κ3) is 2.23. The first-order chi connectivity index (χ1) is 9.62. The minimum absolute atomic E-state index is 0.234. The van der Waals surface area contributed by atoms with Crippen molar-refractivity contribution >= 4 is 5.91 Å². The van der Waals surface area contributed by atoms with Crippen molar-refractivity contribution in [2.24, 2.45) is 5.92 Å². The van der Waals surface area contributed by atoms with Gasteiger partial charge in [0.05, 0.1) is 5.41 Å². The number of halogens is 1. The van der Waals surface area contributed by atoms with Crippen LogP contribution < -0.4 is 0 Å². The number of hydrogen-bond donors (Lipinski definition) is 0. The maximum Gasteiger partial charge on any atom is 0.233 e. The molecule has 2 aliphatic rings. The molecule has 1 unspecified atom stereocenters. The Morgan fingerprint density at radius 1 is 1.25 bits per heavy atom. The zero-order valence-electron chi connectivity index (χ0n) is 12.1. The SMILES string of the molecule is CC1CCCN(C(=O)C2(c3ccc(F)cc3)CCC2)C1. The highest BCUT2D eigenvalue weighted by molar-refractivity contribution is 5.89. The van der Waals surface area contributed by atoms with E-state index in [2.05, 4.69) is 6.92 Å². The predicted molar refractivity (Wildman–Crippen MR) is 76.9 cm³/mol. The largest absolute Gasteiger partial charge is 0.342 e. The minimum Gasteiger partial charge on any atom is -0.342 e. The molecule has 3 rings (SSSR count). The molecule has 2 nitrogen and oxygen atoms in total. The van der Waals surface area contributed by atoms with Gasteiger partial charge >= 0.3 is 0 Å². The molecule has 0 aromatic heterocycles. The van der Waals surface area contributed by atoms with Gasteiger partial charge in [-0.1, -0.05) is 25.5 Å². The standard InChI is InChI=1S/C17H22FNO/c1-13-4-2-11-19(12-13)16(20)17(9-3-10-17)14-5-7-15(18)8-6-14/h5-8,13H,2-4,9-12H2,1H3. The van der Waals surface area contributed by atoms with Crippen LogP contribution in [0.25, 0.3) is 0 Å². The van der Waals surface area contributed by atoms with Gasteiger partial charge in [-0.05, 0) is 49.3 Å². The molecule has 1 saturated heterocycles.